The Hall–Kier alpha value is -0.0800. The Morgan fingerprint density at radius 1 is 1.19 bits per heavy atom. The number of rotatable bonds is 10. The minimum atomic E-state index is 0. The molecule has 0 aromatic heterocycles. The highest BCUT2D eigenvalue weighted by Crippen LogP contribution is 2.18. The number of ether oxygens (including phenoxy) is 1. The van der Waals surface area contributed by atoms with Crippen LogP contribution in [0.25, 0.3) is 0 Å². The molecule has 1 saturated heterocycles. The zero-order valence-corrected chi connectivity index (χ0v) is 20.2. The number of hydrogen-bond donors (Lipinski definition) is 2. The van der Waals surface area contributed by atoms with E-state index in [1.54, 1.807) is 0 Å². The zero-order valence-electron chi connectivity index (χ0n) is 17.9. The maximum absolute atomic E-state index is 5.83. The van der Waals surface area contributed by atoms with Crippen molar-refractivity contribution in [1.82, 2.24) is 15.5 Å². The summed E-state index contributed by atoms with van der Waals surface area (Å²) in [5, 5.41) is 6.86. The average molecular weight is 482 g/mol. The van der Waals surface area contributed by atoms with Crippen molar-refractivity contribution in [1.29, 1.82) is 0 Å². The van der Waals surface area contributed by atoms with Gasteiger partial charge in [-0.1, -0.05) is 13.8 Å². The van der Waals surface area contributed by atoms with E-state index in [1.807, 2.05) is 0 Å². The van der Waals surface area contributed by atoms with Crippen molar-refractivity contribution in [2.24, 2.45) is 16.8 Å². The molecule has 0 spiro atoms. The quantitative estimate of drug-likeness (QED) is 0.283. The minimum Gasteiger partial charge on any atom is -0.378 e. The fourth-order valence-corrected chi connectivity index (χ4v) is 3.43. The number of aliphatic imine (C=N–C) groups is 1. The van der Waals surface area contributed by atoms with Crippen LogP contribution < -0.4 is 10.6 Å². The lowest BCUT2D eigenvalue weighted by atomic mass is 9.97. The van der Waals surface area contributed by atoms with Gasteiger partial charge in [0, 0.05) is 38.8 Å². The van der Waals surface area contributed by atoms with Crippen LogP contribution in [-0.4, -0.2) is 62.3 Å². The third kappa shape index (κ3) is 10.3. The predicted octanol–water partition coefficient (Wildman–Crippen LogP) is 3.73. The van der Waals surface area contributed by atoms with E-state index < -0.39 is 0 Å². The van der Waals surface area contributed by atoms with Gasteiger partial charge in [0.25, 0.3) is 0 Å². The van der Waals surface area contributed by atoms with Gasteiger partial charge in [-0.3, -0.25) is 4.99 Å². The van der Waals surface area contributed by atoms with Crippen molar-refractivity contribution in [2.45, 2.75) is 73.0 Å². The molecule has 6 heteroatoms. The summed E-state index contributed by atoms with van der Waals surface area (Å²) in [6.45, 7) is 19.1. The smallest absolute Gasteiger partial charge is 0.191 e. The molecule has 156 valence electrons. The Morgan fingerprint density at radius 2 is 1.92 bits per heavy atom. The van der Waals surface area contributed by atoms with Crippen LogP contribution in [0, 0.1) is 11.8 Å². The second-order valence-electron chi connectivity index (χ2n) is 7.77. The number of likely N-dealkylation sites (tertiary alicyclic amines) is 1. The second kappa shape index (κ2) is 14.9. The molecule has 1 rings (SSSR count). The first-order valence-corrected chi connectivity index (χ1v) is 10.4. The number of guanidine groups is 1. The highest BCUT2D eigenvalue weighted by molar-refractivity contribution is 14.0. The van der Waals surface area contributed by atoms with Crippen LogP contribution in [0.15, 0.2) is 4.99 Å². The summed E-state index contributed by atoms with van der Waals surface area (Å²) in [6, 6.07) is 0.643. The summed E-state index contributed by atoms with van der Waals surface area (Å²) in [5.41, 5.74) is 0. The average Bonchev–Trinajstić information content (AvgIpc) is 2.58. The molecule has 0 aliphatic carbocycles. The molecule has 0 aromatic carbocycles. The fourth-order valence-electron chi connectivity index (χ4n) is 3.43. The number of nitrogens with one attached hydrogen (secondary N) is 2. The predicted molar refractivity (Wildman–Crippen MR) is 124 cm³/mol. The third-order valence-electron chi connectivity index (χ3n) is 4.98. The summed E-state index contributed by atoms with van der Waals surface area (Å²) in [7, 11) is 0. The first-order chi connectivity index (χ1) is 12.0. The van der Waals surface area contributed by atoms with E-state index in [1.165, 1.54) is 25.9 Å². The molecule has 26 heavy (non-hydrogen) atoms. The normalized spacial score (nSPS) is 20.2. The zero-order chi connectivity index (χ0) is 18.7. The van der Waals surface area contributed by atoms with Gasteiger partial charge in [0.15, 0.2) is 5.96 Å². The summed E-state index contributed by atoms with van der Waals surface area (Å²) in [4.78, 5) is 7.43. The molecule has 0 radical (unpaired) electrons. The Labute approximate surface area is 179 Å². The van der Waals surface area contributed by atoms with Gasteiger partial charge in [0.05, 0.1) is 6.10 Å². The summed E-state index contributed by atoms with van der Waals surface area (Å²) < 4.78 is 5.83. The van der Waals surface area contributed by atoms with Crippen molar-refractivity contribution in [3.8, 4) is 0 Å². The fraction of sp³-hybridized carbons (Fsp3) is 0.950. The standard InChI is InChI=1S/C20H42N4O.HI/c1-7-21-20(22-12-11-19(16(3)4)25-8-2)23-14-18-10-9-13-24(15-18)17(5)6;/h16-19H,7-15H2,1-6H3,(H2,21,22,23);1H. The van der Waals surface area contributed by atoms with Crippen LogP contribution in [0.5, 0.6) is 0 Å². The highest BCUT2D eigenvalue weighted by Gasteiger charge is 2.21. The number of piperidine rings is 1. The molecule has 0 aromatic rings. The maximum Gasteiger partial charge on any atom is 0.191 e. The first-order valence-electron chi connectivity index (χ1n) is 10.4. The number of hydrogen-bond acceptors (Lipinski definition) is 3. The molecule has 0 saturated carbocycles. The van der Waals surface area contributed by atoms with Gasteiger partial charge < -0.3 is 20.3 Å². The van der Waals surface area contributed by atoms with E-state index in [-0.39, 0.29) is 24.0 Å². The van der Waals surface area contributed by atoms with Gasteiger partial charge in [-0.05, 0) is 65.3 Å². The molecule has 2 unspecified atom stereocenters. The summed E-state index contributed by atoms with van der Waals surface area (Å²) in [6.07, 6.45) is 3.93. The molecule has 1 aliphatic rings. The van der Waals surface area contributed by atoms with Crippen molar-refractivity contribution in [3.05, 3.63) is 0 Å². The van der Waals surface area contributed by atoms with Crippen molar-refractivity contribution < 1.29 is 4.74 Å². The molecule has 2 N–H and O–H groups in total. The van der Waals surface area contributed by atoms with Crippen LogP contribution in [0.2, 0.25) is 0 Å². The van der Waals surface area contributed by atoms with Crippen LogP contribution in [0.4, 0.5) is 0 Å². The third-order valence-corrected chi connectivity index (χ3v) is 4.98. The monoisotopic (exact) mass is 482 g/mol. The molecule has 0 amide bonds. The Morgan fingerprint density at radius 3 is 2.50 bits per heavy atom. The van der Waals surface area contributed by atoms with Gasteiger partial charge >= 0.3 is 0 Å². The topological polar surface area (TPSA) is 48.9 Å². The van der Waals surface area contributed by atoms with E-state index in [9.17, 15) is 0 Å². The molecule has 2 atom stereocenters. The van der Waals surface area contributed by atoms with Gasteiger partial charge in [0.2, 0.25) is 0 Å². The van der Waals surface area contributed by atoms with E-state index >= 15 is 0 Å². The summed E-state index contributed by atoms with van der Waals surface area (Å²) in [5.74, 6) is 2.17. The molecule has 5 nitrogen and oxygen atoms in total. The first kappa shape index (κ1) is 25.9. The van der Waals surface area contributed by atoms with Gasteiger partial charge in [-0.15, -0.1) is 24.0 Å². The summed E-state index contributed by atoms with van der Waals surface area (Å²) >= 11 is 0. The number of halogens is 1. The lowest BCUT2D eigenvalue weighted by Crippen LogP contribution is -2.42. The Balaban J connectivity index is 0.00000625. The Bertz CT molecular complexity index is 377. The van der Waals surface area contributed by atoms with Crippen LogP contribution in [-0.2, 0) is 4.74 Å². The van der Waals surface area contributed by atoms with Crippen molar-refractivity contribution in [3.63, 3.8) is 0 Å². The van der Waals surface area contributed by atoms with Crippen molar-refractivity contribution in [2.75, 3.05) is 39.3 Å². The second-order valence-corrected chi connectivity index (χ2v) is 7.77. The molecule has 1 heterocycles. The van der Waals surface area contributed by atoms with Gasteiger partial charge in [0.1, 0.15) is 0 Å². The van der Waals surface area contributed by atoms with Crippen LogP contribution >= 0.6 is 24.0 Å². The molecule has 1 aliphatic heterocycles. The van der Waals surface area contributed by atoms with Crippen molar-refractivity contribution >= 4 is 29.9 Å². The molecular formula is C20H43IN4O. The van der Waals surface area contributed by atoms with Crippen LogP contribution in [0.3, 0.4) is 0 Å². The lowest BCUT2D eigenvalue weighted by Gasteiger charge is -2.34. The SMILES string of the molecule is CCNC(=NCC1CCCN(C(C)C)C1)NCCC(OCC)C(C)C.I. The van der Waals surface area contributed by atoms with Crippen LogP contribution in [0.1, 0.15) is 60.8 Å². The van der Waals surface area contributed by atoms with E-state index in [0.29, 0.717) is 24.0 Å². The van der Waals surface area contributed by atoms with E-state index in [2.05, 4.69) is 57.1 Å². The molecule has 1 fully saturated rings. The van der Waals surface area contributed by atoms with E-state index in [0.717, 1.165) is 38.6 Å². The number of nitrogens with zero attached hydrogens (tertiary/aromatic N) is 2. The van der Waals surface area contributed by atoms with Gasteiger partial charge in [-0.2, -0.15) is 0 Å². The Kier molecular flexibility index (Phi) is 14.9. The minimum absolute atomic E-state index is 0. The molecule has 0 bridgehead atoms. The van der Waals surface area contributed by atoms with Gasteiger partial charge in [-0.25, -0.2) is 0 Å². The highest BCUT2D eigenvalue weighted by atomic mass is 127. The largest absolute Gasteiger partial charge is 0.378 e. The lowest BCUT2D eigenvalue weighted by molar-refractivity contribution is 0.0258. The molecular weight excluding hydrogens is 439 g/mol. The maximum atomic E-state index is 5.83. The van der Waals surface area contributed by atoms with E-state index in [4.69, 9.17) is 9.73 Å².